The summed E-state index contributed by atoms with van der Waals surface area (Å²) < 4.78 is 18.5. The van der Waals surface area contributed by atoms with E-state index >= 15 is 0 Å². The van der Waals surface area contributed by atoms with Crippen LogP contribution in [0, 0.1) is 6.92 Å². The van der Waals surface area contributed by atoms with E-state index in [1.54, 1.807) is 73.2 Å². The van der Waals surface area contributed by atoms with Crippen molar-refractivity contribution in [2.45, 2.75) is 39.2 Å². The van der Waals surface area contributed by atoms with Crippen LogP contribution in [-0.4, -0.2) is 60.7 Å². The molecule has 9 nitrogen and oxygen atoms in total. The number of esters is 2. The van der Waals surface area contributed by atoms with Crippen molar-refractivity contribution in [3.63, 3.8) is 0 Å². The summed E-state index contributed by atoms with van der Waals surface area (Å²) in [5, 5.41) is 1.23. The first-order valence-electron chi connectivity index (χ1n) is 14.8. The number of benzene rings is 3. The van der Waals surface area contributed by atoms with Crippen LogP contribution in [0.3, 0.4) is 0 Å². The first-order valence-corrected chi connectivity index (χ1v) is 15.9. The van der Waals surface area contributed by atoms with Crippen molar-refractivity contribution in [1.29, 1.82) is 0 Å². The number of hydrogen-bond donors (Lipinski definition) is 1. The average molecular weight is 697 g/mol. The first kappa shape index (κ1) is 32.5. The molecule has 0 bridgehead atoms. The SMILES string of the molecule is COc1ccc2c(c1)c(CC(=O)OCCOC(=O)c1cc(Br)c(N)c(CN3CCCCC3)c1)c(C)n2C(=O)c1ccc(Cl)cc1. The zero-order valence-electron chi connectivity index (χ0n) is 25.2. The topological polar surface area (TPSA) is 113 Å². The fraction of sp³-hybridized carbons (Fsp3) is 0.324. The number of hydrogen-bond acceptors (Lipinski definition) is 8. The first-order chi connectivity index (χ1) is 21.7. The van der Waals surface area contributed by atoms with Gasteiger partial charge in [-0.3, -0.25) is 19.1 Å². The van der Waals surface area contributed by atoms with Crippen LogP contribution in [0.4, 0.5) is 5.69 Å². The lowest BCUT2D eigenvalue weighted by atomic mass is 10.1. The second-order valence-corrected chi connectivity index (χ2v) is 12.3. The highest BCUT2D eigenvalue weighted by atomic mass is 79.9. The van der Waals surface area contributed by atoms with Crippen LogP contribution >= 0.6 is 27.5 Å². The number of aromatic nitrogens is 1. The molecule has 2 N–H and O–H groups in total. The molecule has 0 atom stereocenters. The van der Waals surface area contributed by atoms with Crippen LogP contribution < -0.4 is 10.5 Å². The number of piperidine rings is 1. The fourth-order valence-corrected chi connectivity index (χ4v) is 6.27. The summed E-state index contributed by atoms with van der Waals surface area (Å²) >= 11 is 9.48. The molecule has 0 unspecified atom stereocenters. The summed E-state index contributed by atoms with van der Waals surface area (Å²) in [7, 11) is 1.55. The number of nitrogens with two attached hydrogens (primary N) is 1. The van der Waals surface area contributed by atoms with Gasteiger partial charge in [-0.2, -0.15) is 0 Å². The van der Waals surface area contributed by atoms with Crippen LogP contribution in [0.25, 0.3) is 10.9 Å². The molecule has 11 heteroatoms. The third kappa shape index (κ3) is 7.52. The number of carbonyl (C=O) groups excluding carboxylic acids is 3. The van der Waals surface area contributed by atoms with Gasteiger partial charge in [0.2, 0.25) is 0 Å². The van der Waals surface area contributed by atoms with E-state index in [2.05, 4.69) is 20.8 Å². The standard InChI is InChI=1S/C34H35BrClN3O6/c1-21-27(28-18-26(43-2)10-11-30(28)39(21)33(41)22-6-8-25(36)9-7-22)19-31(40)44-14-15-45-34(42)23-16-24(32(37)29(35)17-23)20-38-12-4-3-5-13-38/h6-11,16-18H,3-5,12-15,19-20,37H2,1-2H3. The zero-order chi connectivity index (χ0) is 32.1. The predicted molar refractivity (Wildman–Crippen MR) is 177 cm³/mol. The van der Waals surface area contributed by atoms with Crippen molar-refractivity contribution in [2.24, 2.45) is 0 Å². The Bertz CT molecular complexity index is 1730. The van der Waals surface area contributed by atoms with Crippen molar-refractivity contribution in [3.8, 4) is 5.75 Å². The molecule has 45 heavy (non-hydrogen) atoms. The molecule has 0 saturated carbocycles. The largest absolute Gasteiger partial charge is 0.497 e. The van der Waals surface area contributed by atoms with Gasteiger partial charge in [0.15, 0.2) is 0 Å². The minimum atomic E-state index is -0.529. The van der Waals surface area contributed by atoms with E-state index in [1.165, 1.54) is 6.42 Å². The third-order valence-corrected chi connectivity index (χ3v) is 8.94. The van der Waals surface area contributed by atoms with Crippen LogP contribution in [-0.2, 0) is 27.2 Å². The van der Waals surface area contributed by atoms with Gasteiger partial charge < -0.3 is 19.9 Å². The number of ether oxygens (including phenoxy) is 3. The average Bonchev–Trinajstić information content (AvgIpc) is 3.31. The lowest BCUT2D eigenvalue weighted by molar-refractivity contribution is -0.143. The van der Waals surface area contributed by atoms with Crippen molar-refractivity contribution in [3.05, 3.63) is 92.0 Å². The lowest BCUT2D eigenvalue weighted by Crippen LogP contribution is -2.29. The highest BCUT2D eigenvalue weighted by Gasteiger charge is 2.23. The minimum Gasteiger partial charge on any atom is -0.497 e. The molecular weight excluding hydrogens is 662 g/mol. The van der Waals surface area contributed by atoms with Crippen LogP contribution in [0.5, 0.6) is 5.75 Å². The van der Waals surface area contributed by atoms with Gasteiger partial charge in [-0.05, 0) is 115 Å². The summed E-state index contributed by atoms with van der Waals surface area (Å²) in [6.45, 7) is 4.22. The van der Waals surface area contributed by atoms with Crippen molar-refractivity contribution < 1.29 is 28.6 Å². The lowest BCUT2D eigenvalue weighted by Gasteiger charge is -2.27. The molecule has 2 heterocycles. The molecule has 5 rings (SSSR count). The number of carbonyl (C=O) groups is 3. The number of rotatable bonds is 10. The van der Waals surface area contributed by atoms with E-state index in [0.717, 1.165) is 31.5 Å². The molecule has 0 spiro atoms. The number of nitrogen functional groups attached to an aromatic ring is 1. The van der Waals surface area contributed by atoms with Gasteiger partial charge in [-0.25, -0.2) is 4.79 Å². The van der Waals surface area contributed by atoms with Gasteiger partial charge in [-0.15, -0.1) is 0 Å². The molecule has 4 aromatic rings. The van der Waals surface area contributed by atoms with Crippen LogP contribution in [0.2, 0.25) is 5.02 Å². The van der Waals surface area contributed by atoms with Gasteiger partial charge in [0.25, 0.3) is 5.91 Å². The van der Waals surface area contributed by atoms with E-state index in [1.807, 2.05) is 0 Å². The predicted octanol–water partition coefficient (Wildman–Crippen LogP) is 6.57. The molecule has 1 fully saturated rings. The summed E-state index contributed by atoms with van der Waals surface area (Å²) in [5.74, 6) is -0.708. The summed E-state index contributed by atoms with van der Waals surface area (Å²) in [6.07, 6.45) is 3.45. The van der Waals surface area contributed by atoms with Gasteiger partial charge in [0, 0.05) is 32.7 Å². The monoisotopic (exact) mass is 695 g/mol. The number of halogens is 2. The van der Waals surface area contributed by atoms with E-state index in [-0.39, 0.29) is 25.5 Å². The fourth-order valence-electron chi connectivity index (χ4n) is 5.65. The minimum absolute atomic E-state index is 0.0882. The Morgan fingerprint density at radius 3 is 2.36 bits per heavy atom. The van der Waals surface area contributed by atoms with E-state index < -0.39 is 11.9 Å². The van der Waals surface area contributed by atoms with Gasteiger partial charge in [0.1, 0.15) is 19.0 Å². The Morgan fingerprint density at radius 1 is 0.933 bits per heavy atom. The molecule has 0 amide bonds. The molecular formula is C34H35BrClN3O6. The van der Waals surface area contributed by atoms with Crippen molar-refractivity contribution in [1.82, 2.24) is 9.47 Å². The van der Waals surface area contributed by atoms with Crippen LogP contribution in [0.15, 0.2) is 59.1 Å². The molecule has 1 aliphatic heterocycles. The summed E-state index contributed by atoms with van der Waals surface area (Å²) in [5.41, 5.74) is 10.5. The molecule has 236 valence electrons. The number of methoxy groups -OCH3 is 1. The summed E-state index contributed by atoms with van der Waals surface area (Å²) in [4.78, 5) is 41.6. The molecule has 0 aliphatic carbocycles. The van der Waals surface area contributed by atoms with E-state index in [4.69, 9.17) is 31.5 Å². The molecule has 1 aromatic heterocycles. The highest BCUT2D eigenvalue weighted by molar-refractivity contribution is 9.10. The molecule has 1 saturated heterocycles. The number of nitrogens with zero attached hydrogens (tertiary/aromatic N) is 2. The van der Waals surface area contributed by atoms with Crippen molar-refractivity contribution in [2.75, 3.05) is 39.1 Å². The quantitative estimate of drug-likeness (QED) is 0.113. The van der Waals surface area contributed by atoms with Crippen LogP contribution in [0.1, 0.15) is 56.8 Å². The maximum Gasteiger partial charge on any atom is 0.338 e. The Morgan fingerprint density at radius 2 is 1.64 bits per heavy atom. The maximum atomic E-state index is 13.5. The van der Waals surface area contributed by atoms with E-state index in [0.29, 0.717) is 60.8 Å². The van der Waals surface area contributed by atoms with Crippen molar-refractivity contribution >= 4 is 62.0 Å². The zero-order valence-corrected chi connectivity index (χ0v) is 27.6. The second-order valence-electron chi connectivity index (χ2n) is 11.0. The second kappa shape index (κ2) is 14.5. The molecule has 1 aliphatic rings. The molecule has 3 aromatic carbocycles. The third-order valence-electron chi connectivity index (χ3n) is 8.03. The highest BCUT2D eigenvalue weighted by Crippen LogP contribution is 2.31. The number of fused-ring (bicyclic) bond motifs is 1. The van der Waals surface area contributed by atoms with Gasteiger partial charge in [-0.1, -0.05) is 18.0 Å². The Kier molecular flexibility index (Phi) is 10.5. The van der Waals surface area contributed by atoms with Gasteiger partial charge in [0.05, 0.1) is 30.3 Å². The maximum absolute atomic E-state index is 13.5. The molecule has 0 radical (unpaired) electrons. The van der Waals surface area contributed by atoms with E-state index in [9.17, 15) is 14.4 Å². The Hall–Kier alpha value is -3.86. The summed E-state index contributed by atoms with van der Waals surface area (Å²) in [6, 6.07) is 15.4. The Labute approximate surface area is 275 Å². The normalized spacial score (nSPS) is 13.5. The smallest absolute Gasteiger partial charge is 0.338 e. The van der Waals surface area contributed by atoms with Gasteiger partial charge >= 0.3 is 11.9 Å². The number of likely N-dealkylation sites (tertiary alicyclic amines) is 1. The Balaban J connectivity index is 1.23. The number of anilines is 1.